The summed E-state index contributed by atoms with van der Waals surface area (Å²) in [6, 6.07) is 52.4. The molecule has 0 aliphatic heterocycles. The maximum Gasteiger partial charge on any atom is 0.159 e. The molecule has 0 bridgehead atoms. The van der Waals surface area contributed by atoms with Gasteiger partial charge >= 0.3 is 0 Å². The standard InChI is InChI=1S/C66H60N2O2/c1-6-40(2)27-29-43(5)67(59-25-13-23-53-51-21-11-19-49(44-15-7-8-16-44)63(51)69-65(53)59)57-37-32-46-31-36-56-58(38-33-47-30-35-55(57)61(46)62(47)56)68(48-34-28-41(3)42(4)39-48)60-26-14-24-54-52-22-12-20-50(45-17-9-10-18-45)64(52)70-66(54)60/h6,11-14,19-26,28,30-39,44-45H,5,7-10,15-18,27,29H2,1-4H3/b40-6+. The number of allylic oxidation sites excluding steroid dienone is 3. The molecular formula is C66H60N2O2. The van der Waals surface area contributed by atoms with E-state index in [4.69, 9.17) is 15.4 Å². The Hall–Kier alpha value is -7.30. The third-order valence-corrected chi connectivity index (χ3v) is 16.6. The van der Waals surface area contributed by atoms with Crippen LogP contribution in [0.3, 0.4) is 0 Å². The highest BCUT2D eigenvalue weighted by Gasteiger charge is 2.29. The molecule has 2 saturated carbocycles. The number of rotatable bonds is 11. The van der Waals surface area contributed by atoms with Crippen molar-refractivity contribution in [3.8, 4) is 0 Å². The van der Waals surface area contributed by atoms with Crippen molar-refractivity contribution in [1.82, 2.24) is 0 Å². The van der Waals surface area contributed by atoms with E-state index < -0.39 is 0 Å². The van der Waals surface area contributed by atoms with Gasteiger partial charge in [0.15, 0.2) is 11.2 Å². The van der Waals surface area contributed by atoms with Gasteiger partial charge in [-0.15, -0.1) is 0 Å². The average molecular weight is 913 g/mol. The second kappa shape index (κ2) is 17.0. The number of nitrogens with zero attached hydrogens (tertiary/aromatic N) is 2. The van der Waals surface area contributed by atoms with E-state index in [-0.39, 0.29) is 0 Å². The summed E-state index contributed by atoms with van der Waals surface area (Å²) in [5, 5.41) is 12.0. The molecule has 9 aromatic carbocycles. The van der Waals surface area contributed by atoms with Crippen LogP contribution in [-0.4, -0.2) is 0 Å². The van der Waals surface area contributed by atoms with Crippen LogP contribution in [0.2, 0.25) is 0 Å². The molecule has 2 aromatic heterocycles. The van der Waals surface area contributed by atoms with E-state index in [2.05, 4.69) is 183 Å². The van der Waals surface area contributed by atoms with Crippen LogP contribution in [0, 0.1) is 13.8 Å². The van der Waals surface area contributed by atoms with E-state index in [0.717, 1.165) is 80.1 Å². The van der Waals surface area contributed by atoms with Gasteiger partial charge in [-0.2, -0.15) is 0 Å². The third-order valence-electron chi connectivity index (χ3n) is 16.6. The van der Waals surface area contributed by atoms with Gasteiger partial charge in [-0.3, -0.25) is 0 Å². The average Bonchev–Trinajstić information content (AvgIpc) is 4.25. The van der Waals surface area contributed by atoms with Crippen LogP contribution < -0.4 is 9.80 Å². The number of aryl methyl sites for hydroxylation is 2. The van der Waals surface area contributed by atoms with Crippen LogP contribution in [0.4, 0.5) is 28.4 Å². The number of hydrogen-bond donors (Lipinski definition) is 0. The van der Waals surface area contributed by atoms with Gasteiger partial charge in [0.2, 0.25) is 0 Å². The molecule has 0 unspecified atom stereocenters. The van der Waals surface area contributed by atoms with Crippen molar-refractivity contribution in [3.63, 3.8) is 0 Å². The molecule has 70 heavy (non-hydrogen) atoms. The molecule has 0 radical (unpaired) electrons. The lowest BCUT2D eigenvalue weighted by molar-refractivity contribution is 0.642. The van der Waals surface area contributed by atoms with Crippen LogP contribution in [0.5, 0.6) is 0 Å². The Bertz CT molecular complexity index is 3890. The molecule has 2 aliphatic rings. The second-order valence-corrected chi connectivity index (χ2v) is 20.7. The van der Waals surface area contributed by atoms with Crippen molar-refractivity contribution in [2.45, 2.75) is 104 Å². The Kier molecular flexibility index (Phi) is 10.4. The maximum atomic E-state index is 7.19. The van der Waals surface area contributed by atoms with Crippen molar-refractivity contribution in [1.29, 1.82) is 0 Å². The number of fused-ring (bicyclic) bond motifs is 6. The van der Waals surface area contributed by atoms with Crippen molar-refractivity contribution < 1.29 is 8.83 Å². The lowest BCUT2D eigenvalue weighted by Crippen LogP contribution is -2.16. The summed E-state index contributed by atoms with van der Waals surface area (Å²) in [4.78, 5) is 4.87. The van der Waals surface area contributed by atoms with Crippen LogP contribution in [0.25, 0.3) is 76.2 Å². The fourth-order valence-corrected chi connectivity index (χ4v) is 12.6. The molecular weight excluding hydrogens is 853 g/mol. The molecule has 4 nitrogen and oxygen atoms in total. The van der Waals surface area contributed by atoms with E-state index in [9.17, 15) is 0 Å². The summed E-state index contributed by atoms with van der Waals surface area (Å²) in [7, 11) is 0. The molecule has 2 aliphatic carbocycles. The predicted molar refractivity (Wildman–Crippen MR) is 298 cm³/mol. The predicted octanol–water partition coefficient (Wildman–Crippen LogP) is 20.2. The number of anilines is 5. The topological polar surface area (TPSA) is 32.8 Å². The molecule has 4 heteroatoms. The van der Waals surface area contributed by atoms with Crippen molar-refractivity contribution >= 4 is 105 Å². The number of para-hydroxylation sites is 4. The van der Waals surface area contributed by atoms with Gasteiger partial charge < -0.3 is 18.6 Å². The van der Waals surface area contributed by atoms with Gasteiger partial charge in [0.05, 0.1) is 22.7 Å². The number of furan rings is 2. The summed E-state index contributed by atoms with van der Waals surface area (Å²) >= 11 is 0. The van der Waals surface area contributed by atoms with E-state index in [1.807, 2.05) is 0 Å². The maximum absolute atomic E-state index is 7.19. The number of hydrogen-bond acceptors (Lipinski definition) is 4. The lowest BCUT2D eigenvalue weighted by atomic mass is 9.91. The first-order valence-corrected chi connectivity index (χ1v) is 25.9. The molecule has 0 N–H and O–H groups in total. The van der Waals surface area contributed by atoms with Crippen LogP contribution in [0.15, 0.2) is 172 Å². The highest BCUT2D eigenvalue weighted by atomic mass is 16.3. The minimum atomic E-state index is 0.539. The van der Waals surface area contributed by atoms with Crippen molar-refractivity contribution in [2.24, 2.45) is 0 Å². The Morgan fingerprint density at radius 2 is 1.01 bits per heavy atom. The largest absolute Gasteiger partial charge is 0.454 e. The molecule has 2 fully saturated rings. The van der Waals surface area contributed by atoms with E-state index >= 15 is 0 Å². The smallest absolute Gasteiger partial charge is 0.159 e. The van der Waals surface area contributed by atoms with E-state index in [1.54, 1.807) is 0 Å². The second-order valence-electron chi connectivity index (χ2n) is 20.7. The Morgan fingerprint density at radius 3 is 1.59 bits per heavy atom. The summed E-state index contributed by atoms with van der Waals surface area (Å²) in [5.41, 5.74) is 16.9. The first-order chi connectivity index (χ1) is 34.3. The molecule has 0 saturated heterocycles. The SMILES string of the molecule is C=C(CC/C(C)=C/C)N(c1ccc2ccc3c(N(c4ccc(C)c(C)c4)c4cccc5c4oc4c(C6CCCC6)cccc45)ccc4ccc1c2c43)c1cccc2c1oc1c(C3CCCC3)cccc12. The molecule has 2 heterocycles. The molecule has 13 rings (SSSR count). The van der Waals surface area contributed by atoms with Gasteiger partial charge in [-0.1, -0.05) is 147 Å². The summed E-state index contributed by atoms with van der Waals surface area (Å²) < 4.78 is 14.4. The van der Waals surface area contributed by atoms with Crippen molar-refractivity contribution in [2.75, 3.05) is 9.80 Å². The monoisotopic (exact) mass is 912 g/mol. The quantitative estimate of drug-likeness (QED) is 0.0956. The Morgan fingerprint density at radius 1 is 0.514 bits per heavy atom. The van der Waals surface area contributed by atoms with Gasteiger partial charge in [0, 0.05) is 43.7 Å². The third kappa shape index (κ3) is 6.77. The number of benzene rings is 9. The van der Waals surface area contributed by atoms with Crippen LogP contribution >= 0.6 is 0 Å². The first kappa shape index (κ1) is 42.8. The molecule has 346 valence electrons. The minimum Gasteiger partial charge on any atom is -0.454 e. The summed E-state index contributed by atoms with van der Waals surface area (Å²) in [5.74, 6) is 1.08. The van der Waals surface area contributed by atoms with Gasteiger partial charge in [0.1, 0.15) is 11.2 Å². The van der Waals surface area contributed by atoms with Gasteiger partial charge in [0.25, 0.3) is 0 Å². The minimum absolute atomic E-state index is 0.539. The van der Waals surface area contributed by atoms with Crippen LogP contribution in [-0.2, 0) is 0 Å². The Labute approximate surface area is 410 Å². The molecule has 0 atom stereocenters. The molecule has 11 aromatic rings. The first-order valence-electron chi connectivity index (χ1n) is 25.9. The normalized spacial score (nSPS) is 15.1. The Balaban J connectivity index is 1.03. The molecule has 0 spiro atoms. The van der Waals surface area contributed by atoms with E-state index in [0.29, 0.717) is 11.8 Å². The fraction of sp³-hybridized carbons (Fsp3) is 0.242. The summed E-state index contributed by atoms with van der Waals surface area (Å²) in [6.07, 6.45) is 14.0. The van der Waals surface area contributed by atoms with Crippen LogP contribution in [0.1, 0.15) is 112 Å². The summed E-state index contributed by atoms with van der Waals surface area (Å²) in [6.45, 7) is 13.7. The fourth-order valence-electron chi connectivity index (χ4n) is 12.6. The van der Waals surface area contributed by atoms with E-state index in [1.165, 1.54) is 122 Å². The highest BCUT2D eigenvalue weighted by molar-refractivity contribution is 6.28. The lowest BCUT2D eigenvalue weighted by Gasteiger charge is -2.30. The zero-order valence-electron chi connectivity index (χ0n) is 41.0. The zero-order chi connectivity index (χ0) is 47.2. The van der Waals surface area contributed by atoms with Gasteiger partial charge in [-0.05, 0) is 158 Å². The van der Waals surface area contributed by atoms with Crippen molar-refractivity contribution in [3.05, 3.63) is 186 Å². The zero-order valence-corrected chi connectivity index (χ0v) is 41.0. The highest BCUT2D eigenvalue weighted by Crippen LogP contribution is 2.51. The van der Waals surface area contributed by atoms with Gasteiger partial charge in [-0.25, -0.2) is 0 Å². The molecule has 0 amide bonds.